The molecule has 154 valence electrons. The van der Waals surface area contributed by atoms with Crippen molar-refractivity contribution in [2.45, 2.75) is 64.8 Å². The zero-order chi connectivity index (χ0) is 20.9. The van der Waals surface area contributed by atoms with Crippen LogP contribution >= 0.6 is 0 Å². The third-order valence-corrected chi connectivity index (χ3v) is 6.40. The van der Waals surface area contributed by atoms with Crippen LogP contribution in [0.2, 0.25) is 0 Å². The highest BCUT2D eigenvalue weighted by Crippen LogP contribution is 2.31. The summed E-state index contributed by atoms with van der Waals surface area (Å²) in [6.45, 7) is 9.52. The molecule has 1 saturated carbocycles. The normalized spacial score (nSPS) is 17.6. The average Bonchev–Trinajstić information content (AvgIpc) is 3.46. The molecule has 2 heterocycles. The number of rotatable bonds is 3. The fourth-order valence-corrected chi connectivity index (χ4v) is 4.77. The van der Waals surface area contributed by atoms with Crippen molar-refractivity contribution in [2.75, 3.05) is 6.54 Å². The van der Waals surface area contributed by atoms with Crippen LogP contribution < -0.4 is 0 Å². The van der Waals surface area contributed by atoms with E-state index < -0.39 is 0 Å². The Balaban J connectivity index is 1.44. The highest BCUT2D eigenvalue weighted by Gasteiger charge is 2.22. The summed E-state index contributed by atoms with van der Waals surface area (Å²) in [4.78, 5) is 9.62. The van der Waals surface area contributed by atoms with Gasteiger partial charge in [0.2, 0.25) is 0 Å². The average molecular weight is 400 g/mol. The highest BCUT2D eigenvalue weighted by atomic mass is 15.4. The lowest BCUT2D eigenvalue weighted by Gasteiger charge is -2.22. The van der Waals surface area contributed by atoms with Gasteiger partial charge in [0, 0.05) is 11.1 Å². The molecule has 0 unspecified atom stereocenters. The number of fused-ring (bicyclic) bond motifs is 1. The summed E-state index contributed by atoms with van der Waals surface area (Å²) in [5.41, 5.74) is 8.00. The number of benzene rings is 2. The van der Waals surface area contributed by atoms with E-state index in [4.69, 9.17) is 9.98 Å². The maximum Gasteiger partial charge on any atom is 0.155 e. The van der Waals surface area contributed by atoms with Gasteiger partial charge in [-0.05, 0) is 54.5 Å². The van der Waals surface area contributed by atoms with Gasteiger partial charge in [0.25, 0.3) is 0 Å². The molecule has 0 amide bonds. The van der Waals surface area contributed by atoms with Crippen LogP contribution in [0, 0.1) is 6.92 Å². The van der Waals surface area contributed by atoms with Crippen molar-refractivity contribution in [3.05, 3.63) is 58.7 Å². The molecule has 2 aromatic carbocycles. The number of amidine groups is 1. The SMILES string of the molecule is Cc1ccc(C2=NCC(c3ccc4c(c3)nnn4C3CCCC3)=N2)cc1C(C)(C)C. The quantitative estimate of drug-likeness (QED) is 0.592. The van der Waals surface area contributed by atoms with Gasteiger partial charge in [-0.15, -0.1) is 5.10 Å². The van der Waals surface area contributed by atoms with Crippen LogP contribution in [0.3, 0.4) is 0 Å². The van der Waals surface area contributed by atoms with Gasteiger partial charge >= 0.3 is 0 Å². The zero-order valence-electron chi connectivity index (χ0n) is 18.3. The molecule has 1 aromatic heterocycles. The summed E-state index contributed by atoms with van der Waals surface area (Å²) in [6.07, 6.45) is 4.99. The summed E-state index contributed by atoms with van der Waals surface area (Å²) < 4.78 is 2.12. The van der Waals surface area contributed by atoms with Crippen molar-refractivity contribution in [2.24, 2.45) is 9.98 Å². The molecule has 5 heteroatoms. The first-order valence-electron chi connectivity index (χ1n) is 11.0. The van der Waals surface area contributed by atoms with E-state index in [1.165, 1.54) is 36.8 Å². The molecule has 1 aliphatic heterocycles. The van der Waals surface area contributed by atoms with Crippen molar-refractivity contribution < 1.29 is 0 Å². The van der Waals surface area contributed by atoms with E-state index in [0.717, 1.165) is 33.7 Å². The molecule has 2 aliphatic rings. The van der Waals surface area contributed by atoms with Crippen LogP contribution in [0.25, 0.3) is 11.0 Å². The second-order valence-electron chi connectivity index (χ2n) is 9.65. The Labute approximate surface area is 177 Å². The largest absolute Gasteiger partial charge is 0.260 e. The Bertz CT molecular complexity index is 1170. The van der Waals surface area contributed by atoms with Crippen molar-refractivity contribution in [1.82, 2.24) is 15.0 Å². The van der Waals surface area contributed by atoms with Gasteiger partial charge in [0.15, 0.2) is 5.84 Å². The summed E-state index contributed by atoms with van der Waals surface area (Å²) in [5, 5.41) is 8.89. The first-order valence-corrected chi connectivity index (χ1v) is 11.0. The number of hydrogen-bond donors (Lipinski definition) is 0. The predicted octanol–water partition coefficient (Wildman–Crippen LogP) is 5.40. The fraction of sp³-hybridized carbons (Fsp3) is 0.440. The number of nitrogens with zero attached hydrogens (tertiary/aromatic N) is 5. The van der Waals surface area contributed by atoms with Crippen molar-refractivity contribution in [3.63, 3.8) is 0 Å². The van der Waals surface area contributed by atoms with E-state index in [-0.39, 0.29) is 5.41 Å². The maximum atomic E-state index is 4.88. The molecule has 0 radical (unpaired) electrons. The van der Waals surface area contributed by atoms with Crippen LogP contribution in [-0.2, 0) is 5.41 Å². The third-order valence-electron chi connectivity index (χ3n) is 6.40. The van der Waals surface area contributed by atoms with Gasteiger partial charge in [-0.1, -0.05) is 57.0 Å². The summed E-state index contributed by atoms with van der Waals surface area (Å²) in [7, 11) is 0. The smallest absolute Gasteiger partial charge is 0.155 e. The molecule has 3 aromatic rings. The van der Waals surface area contributed by atoms with Gasteiger partial charge in [-0.25, -0.2) is 9.67 Å². The standard InChI is InChI=1S/C25H29N5/c1-16-9-10-18(13-20(16)25(2,3)4)24-26-15-22(27-24)17-11-12-23-21(14-17)28-29-30(23)19-7-5-6-8-19/h9-14,19H,5-8,15H2,1-4H3. The molecule has 0 spiro atoms. The number of aryl methyl sites for hydroxylation is 1. The second-order valence-corrected chi connectivity index (χ2v) is 9.65. The molecule has 1 fully saturated rings. The second kappa shape index (κ2) is 7.15. The van der Waals surface area contributed by atoms with E-state index in [9.17, 15) is 0 Å². The van der Waals surface area contributed by atoms with Gasteiger partial charge in [-0.2, -0.15) is 0 Å². The monoisotopic (exact) mass is 399 g/mol. The van der Waals surface area contributed by atoms with Crippen LogP contribution in [0.1, 0.15) is 74.8 Å². The molecule has 0 atom stereocenters. The fourth-order valence-electron chi connectivity index (χ4n) is 4.77. The minimum absolute atomic E-state index is 0.0992. The Morgan fingerprint density at radius 3 is 2.50 bits per heavy atom. The van der Waals surface area contributed by atoms with Crippen molar-refractivity contribution in [3.8, 4) is 0 Å². The number of aliphatic imine (C=N–C) groups is 2. The summed E-state index contributed by atoms with van der Waals surface area (Å²) in [6, 6.07) is 13.5. The maximum absolute atomic E-state index is 4.88. The molecule has 1 aliphatic carbocycles. The van der Waals surface area contributed by atoms with E-state index in [0.29, 0.717) is 12.6 Å². The van der Waals surface area contributed by atoms with Gasteiger partial charge in [-0.3, -0.25) is 4.99 Å². The first kappa shape index (κ1) is 19.2. The van der Waals surface area contributed by atoms with E-state index >= 15 is 0 Å². The molecule has 5 rings (SSSR count). The molecular formula is C25H29N5. The van der Waals surface area contributed by atoms with Crippen molar-refractivity contribution in [1.29, 1.82) is 0 Å². The molecule has 0 N–H and O–H groups in total. The molecule has 0 saturated heterocycles. The summed E-state index contributed by atoms with van der Waals surface area (Å²) in [5.74, 6) is 0.824. The third kappa shape index (κ3) is 3.36. The van der Waals surface area contributed by atoms with Gasteiger partial charge < -0.3 is 0 Å². The Morgan fingerprint density at radius 2 is 1.73 bits per heavy atom. The predicted molar refractivity (Wildman–Crippen MR) is 123 cm³/mol. The lowest BCUT2D eigenvalue weighted by Crippen LogP contribution is -2.14. The van der Waals surface area contributed by atoms with Crippen molar-refractivity contribution >= 4 is 22.6 Å². The van der Waals surface area contributed by atoms with Gasteiger partial charge in [0.1, 0.15) is 5.52 Å². The molecular weight excluding hydrogens is 370 g/mol. The lowest BCUT2D eigenvalue weighted by atomic mass is 9.83. The Hall–Kier alpha value is -2.82. The van der Waals surface area contributed by atoms with E-state index in [1.807, 2.05) is 0 Å². The number of hydrogen-bond acceptors (Lipinski definition) is 4. The lowest BCUT2D eigenvalue weighted by molar-refractivity contribution is 0.467. The van der Waals surface area contributed by atoms with E-state index in [1.54, 1.807) is 0 Å². The highest BCUT2D eigenvalue weighted by molar-refractivity contribution is 6.17. The Kier molecular flexibility index (Phi) is 4.57. The topological polar surface area (TPSA) is 55.4 Å². The van der Waals surface area contributed by atoms with Crippen LogP contribution in [-0.4, -0.2) is 33.1 Å². The van der Waals surface area contributed by atoms with Crippen LogP contribution in [0.15, 0.2) is 46.4 Å². The first-order chi connectivity index (χ1) is 14.4. The molecule has 0 bridgehead atoms. The summed E-state index contributed by atoms with van der Waals surface area (Å²) >= 11 is 0. The Morgan fingerprint density at radius 1 is 0.967 bits per heavy atom. The van der Waals surface area contributed by atoms with E-state index in [2.05, 4.69) is 79.1 Å². The molecule has 30 heavy (non-hydrogen) atoms. The van der Waals surface area contributed by atoms with Crippen LogP contribution in [0.5, 0.6) is 0 Å². The minimum Gasteiger partial charge on any atom is -0.260 e. The van der Waals surface area contributed by atoms with Gasteiger partial charge in [0.05, 0.1) is 23.8 Å². The minimum atomic E-state index is 0.0992. The molecule has 5 nitrogen and oxygen atoms in total. The number of aromatic nitrogens is 3. The zero-order valence-corrected chi connectivity index (χ0v) is 18.3. The van der Waals surface area contributed by atoms with Crippen LogP contribution in [0.4, 0.5) is 0 Å².